The van der Waals surface area contributed by atoms with E-state index in [1.165, 1.54) is 146 Å². The number of nitrogens with two attached hydrogens (primary N) is 1. The van der Waals surface area contributed by atoms with Crippen molar-refractivity contribution < 1.29 is 34.1 Å². The molecule has 6 aromatic carbocycles. The number of rotatable bonds is 44. The summed E-state index contributed by atoms with van der Waals surface area (Å²) in [5.74, 6) is 3.00. The highest BCUT2D eigenvalue weighted by Crippen LogP contribution is 2.30. The van der Waals surface area contributed by atoms with Crippen LogP contribution >= 0.6 is 0 Å². The van der Waals surface area contributed by atoms with Gasteiger partial charge in [-0.3, -0.25) is 14.4 Å². The average Bonchev–Trinajstić information content (AvgIpc) is 0.859. The topological polar surface area (TPSA) is 136 Å². The van der Waals surface area contributed by atoms with E-state index in [-0.39, 0.29) is 13.2 Å². The summed E-state index contributed by atoms with van der Waals surface area (Å²) in [4.78, 5) is 37.3. The lowest BCUT2D eigenvalue weighted by Crippen LogP contribution is -2.28. The minimum absolute atomic E-state index is 0. The first-order valence-corrected chi connectivity index (χ1v) is 40.8. The molecule has 0 heterocycles. The first kappa shape index (κ1) is 93.1. The van der Waals surface area contributed by atoms with Gasteiger partial charge in [-0.2, -0.15) is 0 Å². The molecule has 1 fully saturated rings. The normalized spacial score (nSPS) is 12.1. The van der Waals surface area contributed by atoms with Gasteiger partial charge in [0.2, 0.25) is 0 Å². The fraction of sp³-hybridized carbons (Fsp3) is 0.589. The van der Waals surface area contributed by atoms with Crippen molar-refractivity contribution in [3.63, 3.8) is 0 Å². The van der Waals surface area contributed by atoms with Gasteiger partial charge in [0.15, 0.2) is 17.3 Å². The van der Waals surface area contributed by atoms with Crippen LogP contribution in [-0.4, -0.2) is 58.5 Å². The molecule has 103 heavy (non-hydrogen) atoms. The van der Waals surface area contributed by atoms with Crippen LogP contribution < -0.4 is 10.5 Å². The molecule has 6 aromatic rings. The molecule has 0 unspecified atom stereocenters. The summed E-state index contributed by atoms with van der Waals surface area (Å²) in [5.41, 5.74) is 18.4. The summed E-state index contributed by atoms with van der Waals surface area (Å²) in [6, 6.07) is 47.6. The van der Waals surface area contributed by atoms with Crippen LogP contribution in [0.5, 0.6) is 5.75 Å². The number of unbranched alkanes of at least 4 members (excludes halogenated alkanes) is 3. The standard InChI is InChI=1S/C20H24O.C19H32O2.C19H30O.C18H31NO2.C18H26O.CH4/c1-4-5-10-17-11-7-12-18(13-17)20(21)14-19-15(2)8-6-9-16(19)3;1-4-11-19(20,12-5-2)13-10-17-8-7-9-18(15-17)16-21-14-6-3;1-4-7-11-17-12-8-13-18(14-17)19(20)15-16(9-5-2)10-6-3;1-3-10-18(20,11-4-2)12-9-16-7-5-8-17(15-16)21-14-6-13-19;1-2-3-8-15-11-7-12-17(13-15)18(19)14-16-9-5-4-6-10-16;/h6-9,11-13H,4-5,10,14H2,1-3H3;7-9,15,20H,4-6,10-14,16H2,1-3H3;8,12-14,16H,4-7,9-11,15H2,1-3H3;5,7-8,15,20H,3-4,6,9-14,19H2,1-2H3;7,11-13,16H,2-6,8-10,14H2,1H3;1H4. The molecule has 0 aromatic heterocycles. The molecule has 0 amide bonds. The van der Waals surface area contributed by atoms with E-state index in [4.69, 9.17) is 15.2 Å². The molecular formula is C95H147NO7. The van der Waals surface area contributed by atoms with Gasteiger partial charge in [0.05, 0.1) is 24.4 Å². The highest BCUT2D eigenvalue weighted by Gasteiger charge is 2.26. The Hall–Kier alpha value is -6.03. The van der Waals surface area contributed by atoms with Crippen LogP contribution in [0.4, 0.5) is 0 Å². The van der Waals surface area contributed by atoms with Crippen LogP contribution in [0.15, 0.2) is 140 Å². The molecule has 7 rings (SSSR count). The Morgan fingerprint density at radius 3 is 1.31 bits per heavy atom. The Balaban J connectivity index is 0.000000437. The Morgan fingerprint density at radius 2 is 0.864 bits per heavy atom. The number of aryl methyl sites for hydroxylation is 7. The molecule has 0 radical (unpaired) electrons. The van der Waals surface area contributed by atoms with Crippen molar-refractivity contribution in [1.29, 1.82) is 0 Å². The third-order valence-electron chi connectivity index (χ3n) is 20.0. The molecule has 574 valence electrons. The summed E-state index contributed by atoms with van der Waals surface area (Å²) < 4.78 is 11.3. The number of benzene rings is 6. The van der Waals surface area contributed by atoms with E-state index in [0.717, 1.165) is 151 Å². The highest BCUT2D eigenvalue weighted by molar-refractivity contribution is 5.98. The van der Waals surface area contributed by atoms with Gasteiger partial charge in [0.1, 0.15) is 5.75 Å². The van der Waals surface area contributed by atoms with Crippen LogP contribution in [0, 0.1) is 25.7 Å². The summed E-state index contributed by atoms with van der Waals surface area (Å²) in [5, 5.41) is 21.4. The molecule has 8 nitrogen and oxygen atoms in total. The molecule has 1 aliphatic rings. The van der Waals surface area contributed by atoms with E-state index in [0.29, 0.717) is 49.6 Å². The van der Waals surface area contributed by atoms with E-state index in [1.807, 2.05) is 54.6 Å². The highest BCUT2D eigenvalue weighted by atomic mass is 16.5. The van der Waals surface area contributed by atoms with E-state index in [9.17, 15) is 24.6 Å². The van der Waals surface area contributed by atoms with E-state index in [1.54, 1.807) is 0 Å². The van der Waals surface area contributed by atoms with Crippen LogP contribution in [0.25, 0.3) is 0 Å². The molecule has 4 N–H and O–H groups in total. The first-order chi connectivity index (χ1) is 49.4. The van der Waals surface area contributed by atoms with Crippen molar-refractivity contribution >= 4 is 17.3 Å². The van der Waals surface area contributed by atoms with Gasteiger partial charge in [-0.05, 0) is 215 Å². The summed E-state index contributed by atoms with van der Waals surface area (Å²) in [6.45, 7) is 28.7. The van der Waals surface area contributed by atoms with Gasteiger partial charge in [-0.25, -0.2) is 0 Å². The molecule has 0 atom stereocenters. The second kappa shape index (κ2) is 56.3. The number of aliphatic hydroxyl groups is 2. The predicted octanol–water partition coefficient (Wildman–Crippen LogP) is 25.3. The molecule has 1 aliphatic carbocycles. The second-order valence-electron chi connectivity index (χ2n) is 29.5. The number of ether oxygens (including phenoxy) is 2. The van der Waals surface area contributed by atoms with Gasteiger partial charge in [0, 0.05) is 42.6 Å². The van der Waals surface area contributed by atoms with E-state index in [2.05, 4.69) is 168 Å². The van der Waals surface area contributed by atoms with Crippen molar-refractivity contribution in [3.8, 4) is 5.75 Å². The summed E-state index contributed by atoms with van der Waals surface area (Å²) in [7, 11) is 0. The van der Waals surface area contributed by atoms with Gasteiger partial charge in [-0.15, -0.1) is 0 Å². The zero-order valence-electron chi connectivity index (χ0n) is 66.5. The van der Waals surface area contributed by atoms with Crippen LogP contribution in [0.1, 0.15) is 344 Å². The number of hydrogen-bond acceptors (Lipinski definition) is 8. The Bertz CT molecular complexity index is 3060. The number of carbonyl (C=O) groups is 3. The third kappa shape index (κ3) is 39.8. The fourth-order valence-electron chi connectivity index (χ4n) is 14.2. The largest absolute Gasteiger partial charge is 0.494 e. The lowest BCUT2D eigenvalue weighted by molar-refractivity contribution is 0.0127. The lowest BCUT2D eigenvalue weighted by atomic mass is 9.84. The minimum Gasteiger partial charge on any atom is -0.494 e. The minimum atomic E-state index is -0.514. The van der Waals surface area contributed by atoms with Gasteiger partial charge >= 0.3 is 0 Å². The maximum atomic E-state index is 12.5. The zero-order chi connectivity index (χ0) is 74.6. The second-order valence-corrected chi connectivity index (χ2v) is 29.5. The predicted molar refractivity (Wildman–Crippen MR) is 442 cm³/mol. The number of Topliss-reactive ketones (excluding diaryl/α,β-unsaturated/α-hetero) is 3. The molecule has 1 saturated carbocycles. The van der Waals surface area contributed by atoms with E-state index >= 15 is 0 Å². The smallest absolute Gasteiger partial charge is 0.167 e. The van der Waals surface area contributed by atoms with E-state index < -0.39 is 11.2 Å². The van der Waals surface area contributed by atoms with Crippen molar-refractivity contribution in [2.75, 3.05) is 19.8 Å². The fourth-order valence-corrected chi connectivity index (χ4v) is 14.2. The van der Waals surface area contributed by atoms with Crippen molar-refractivity contribution in [1.82, 2.24) is 0 Å². The number of hydrogen-bond donors (Lipinski definition) is 3. The zero-order valence-corrected chi connectivity index (χ0v) is 66.5. The summed E-state index contributed by atoms with van der Waals surface area (Å²) >= 11 is 0. The first-order valence-electron chi connectivity index (χ1n) is 40.8. The van der Waals surface area contributed by atoms with Crippen LogP contribution in [0.2, 0.25) is 0 Å². The van der Waals surface area contributed by atoms with Gasteiger partial charge < -0.3 is 25.4 Å². The van der Waals surface area contributed by atoms with Gasteiger partial charge in [0.25, 0.3) is 0 Å². The Labute approximate surface area is 630 Å². The SMILES string of the molecule is C.CCCC(O)(CCC)CCc1cccc(OCCCN)c1.CCCCc1cccc(C(=O)CC(CCC)CCC)c1.CCCCc1cccc(C(=O)CC2CCCCC2)c1.CCCCc1cccc(C(=O)Cc2c(C)cccc2C)c1.CCCOCc1cccc(CCC(O)(CCC)CCC)c1. The molecule has 0 aliphatic heterocycles. The lowest BCUT2D eigenvalue weighted by Gasteiger charge is -2.27. The molecule has 0 saturated heterocycles. The van der Waals surface area contributed by atoms with Gasteiger partial charge in [-0.1, -0.05) is 289 Å². The van der Waals surface area contributed by atoms with Crippen LogP contribution in [-0.2, 0) is 49.9 Å². The monoisotopic (exact) mass is 1410 g/mol. The number of carbonyl (C=O) groups excluding carboxylic acids is 3. The van der Waals surface area contributed by atoms with Crippen molar-refractivity contribution in [2.45, 2.75) is 333 Å². The van der Waals surface area contributed by atoms with Crippen molar-refractivity contribution in [2.24, 2.45) is 17.6 Å². The molecule has 0 spiro atoms. The maximum absolute atomic E-state index is 12.5. The quantitative estimate of drug-likeness (QED) is 0.0254. The molecule has 0 bridgehead atoms. The maximum Gasteiger partial charge on any atom is 0.167 e. The van der Waals surface area contributed by atoms with Crippen LogP contribution in [0.3, 0.4) is 0 Å². The third-order valence-corrected chi connectivity index (χ3v) is 20.0. The molecular weight excluding hydrogens is 1270 g/mol. The number of ketones is 3. The Kier molecular flexibility index (Phi) is 50.9. The van der Waals surface area contributed by atoms with Crippen molar-refractivity contribution in [3.05, 3.63) is 206 Å². The Morgan fingerprint density at radius 1 is 0.447 bits per heavy atom. The average molecular weight is 1420 g/mol. The summed E-state index contributed by atoms with van der Waals surface area (Å²) in [6.07, 6.45) is 36.7. The molecule has 8 heteroatoms.